The number of alkyl halides is 3. The predicted molar refractivity (Wildman–Crippen MR) is 132 cm³/mol. The number of rotatable bonds is 8. The van der Waals surface area contributed by atoms with E-state index in [-0.39, 0.29) is 68.7 Å². The molecule has 0 saturated heterocycles. The molecule has 40 heavy (non-hydrogen) atoms. The summed E-state index contributed by atoms with van der Waals surface area (Å²) in [6, 6.07) is 7.92. The SMILES string of the molecule is N#Cc1ccc(CNC(=O)c2ccc3n(c2=O)CCN(CC2(S(=O)(=O)CC4(C(F)(F)F)CC4)CC2)C3=O)cc1F. The molecule has 14 heteroatoms. The first kappa shape index (κ1) is 27.8. The number of pyridine rings is 1. The average molecular weight is 581 g/mol. The Labute approximate surface area is 226 Å². The normalized spacial score (nSPS) is 19.0. The number of halogens is 4. The molecule has 2 amide bonds. The van der Waals surface area contributed by atoms with Gasteiger partial charge in [-0.15, -0.1) is 0 Å². The van der Waals surface area contributed by atoms with Gasteiger partial charge in [-0.2, -0.15) is 18.4 Å². The summed E-state index contributed by atoms with van der Waals surface area (Å²) in [6.07, 6.45) is -4.76. The largest absolute Gasteiger partial charge is 0.395 e. The number of nitrogens with one attached hydrogen (secondary N) is 1. The lowest BCUT2D eigenvalue weighted by Gasteiger charge is -2.33. The quantitative estimate of drug-likeness (QED) is 0.478. The molecular formula is C26H24F4N4O5S. The molecule has 2 heterocycles. The zero-order valence-corrected chi connectivity index (χ0v) is 21.9. The molecule has 3 aliphatic rings. The van der Waals surface area contributed by atoms with Gasteiger partial charge >= 0.3 is 6.18 Å². The topological polar surface area (TPSA) is 129 Å². The van der Waals surface area contributed by atoms with Crippen LogP contribution in [0.2, 0.25) is 0 Å². The molecule has 5 rings (SSSR count). The van der Waals surface area contributed by atoms with E-state index in [0.29, 0.717) is 5.56 Å². The summed E-state index contributed by atoms with van der Waals surface area (Å²) in [7, 11) is -4.16. The van der Waals surface area contributed by atoms with Crippen LogP contribution in [-0.2, 0) is 22.9 Å². The minimum Gasteiger partial charge on any atom is -0.348 e. The second kappa shape index (κ2) is 9.43. The number of nitriles is 1. The first-order valence-electron chi connectivity index (χ1n) is 12.5. The fourth-order valence-corrected chi connectivity index (χ4v) is 7.63. The Bertz CT molecular complexity index is 1620. The third-order valence-corrected chi connectivity index (χ3v) is 10.8. The van der Waals surface area contributed by atoms with Gasteiger partial charge in [0, 0.05) is 26.2 Å². The number of nitrogens with zero attached hydrogens (tertiary/aromatic N) is 3. The van der Waals surface area contributed by atoms with E-state index in [1.54, 1.807) is 6.07 Å². The van der Waals surface area contributed by atoms with E-state index < -0.39 is 55.1 Å². The van der Waals surface area contributed by atoms with Crippen molar-refractivity contribution in [3.63, 3.8) is 0 Å². The van der Waals surface area contributed by atoms with Crippen LogP contribution in [0.3, 0.4) is 0 Å². The molecule has 212 valence electrons. The van der Waals surface area contributed by atoms with Crippen LogP contribution in [0.5, 0.6) is 0 Å². The molecule has 0 atom stereocenters. The summed E-state index contributed by atoms with van der Waals surface area (Å²) in [4.78, 5) is 40.1. The van der Waals surface area contributed by atoms with Crippen LogP contribution in [0.25, 0.3) is 0 Å². The van der Waals surface area contributed by atoms with E-state index in [0.717, 1.165) is 16.7 Å². The number of benzene rings is 1. The van der Waals surface area contributed by atoms with Crippen molar-refractivity contribution in [1.82, 2.24) is 14.8 Å². The number of fused-ring (bicyclic) bond motifs is 1. The number of carbonyl (C=O) groups excluding carboxylic acids is 2. The first-order valence-corrected chi connectivity index (χ1v) is 14.2. The van der Waals surface area contributed by atoms with Crippen molar-refractivity contribution in [3.05, 3.63) is 68.9 Å². The maximum atomic E-state index is 13.8. The third kappa shape index (κ3) is 4.76. The molecule has 9 nitrogen and oxygen atoms in total. The van der Waals surface area contributed by atoms with E-state index in [1.807, 2.05) is 0 Å². The fraction of sp³-hybridized carbons (Fsp3) is 0.462. The number of carbonyl (C=O) groups is 2. The maximum Gasteiger partial charge on any atom is 0.395 e. The number of aromatic nitrogens is 1. The zero-order chi connectivity index (χ0) is 29.1. The highest BCUT2D eigenvalue weighted by Crippen LogP contribution is 2.60. The molecule has 2 fully saturated rings. The molecule has 0 spiro atoms. The Hall–Kier alpha value is -3.73. The minimum absolute atomic E-state index is 0.0372. The van der Waals surface area contributed by atoms with Gasteiger partial charge in [0.25, 0.3) is 17.4 Å². The molecule has 0 bridgehead atoms. The predicted octanol–water partition coefficient (Wildman–Crippen LogP) is 2.53. The lowest BCUT2D eigenvalue weighted by Crippen LogP contribution is -2.50. The zero-order valence-electron chi connectivity index (χ0n) is 21.1. The smallest absolute Gasteiger partial charge is 0.348 e. The molecule has 1 aromatic heterocycles. The van der Waals surface area contributed by atoms with Crippen LogP contribution in [-0.4, -0.2) is 59.5 Å². The van der Waals surface area contributed by atoms with E-state index in [2.05, 4.69) is 5.32 Å². The monoisotopic (exact) mass is 580 g/mol. The Morgan fingerprint density at radius 1 is 1.07 bits per heavy atom. The molecule has 1 aliphatic heterocycles. The molecule has 2 aromatic rings. The van der Waals surface area contributed by atoms with Crippen LogP contribution in [0.15, 0.2) is 35.1 Å². The summed E-state index contributed by atoms with van der Waals surface area (Å²) in [5.41, 5.74) is -3.08. The highest BCUT2D eigenvalue weighted by atomic mass is 32.2. The number of hydrogen-bond donors (Lipinski definition) is 1. The Morgan fingerprint density at radius 3 is 2.35 bits per heavy atom. The van der Waals surface area contributed by atoms with E-state index >= 15 is 0 Å². The maximum absolute atomic E-state index is 13.8. The summed E-state index contributed by atoms with van der Waals surface area (Å²) >= 11 is 0. The van der Waals surface area contributed by atoms with Crippen molar-refractivity contribution in [3.8, 4) is 6.07 Å². The molecule has 2 saturated carbocycles. The Morgan fingerprint density at radius 2 is 1.77 bits per heavy atom. The van der Waals surface area contributed by atoms with Gasteiger partial charge in [0.1, 0.15) is 23.1 Å². The number of amides is 2. The van der Waals surface area contributed by atoms with Crippen LogP contribution < -0.4 is 10.9 Å². The summed E-state index contributed by atoms with van der Waals surface area (Å²) < 4.78 is 79.8. The molecule has 0 unspecified atom stereocenters. The summed E-state index contributed by atoms with van der Waals surface area (Å²) in [5, 5.41) is 11.3. The van der Waals surface area contributed by atoms with Gasteiger partial charge in [-0.05, 0) is 55.5 Å². The van der Waals surface area contributed by atoms with Gasteiger partial charge in [0.2, 0.25) is 0 Å². The van der Waals surface area contributed by atoms with Gasteiger partial charge in [-0.25, -0.2) is 12.8 Å². The number of hydrogen-bond acceptors (Lipinski definition) is 6. The van der Waals surface area contributed by atoms with Gasteiger partial charge in [0.15, 0.2) is 9.84 Å². The Kier molecular flexibility index (Phi) is 6.56. The molecule has 1 aromatic carbocycles. The van der Waals surface area contributed by atoms with E-state index in [4.69, 9.17) is 5.26 Å². The average Bonchev–Trinajstić information content (AvgIpc) is 3.81. The van der Waals surface area contributed by atoms with Crippen LogP contribution >= 0.6 is 0 Å². The first-order chi connectivity index (χ1) is 18.7. The van der Waals surface area contributed by atoms with Gasteiger partial charge in [-0.3, -0.25) is 14.4 Å². The van der Waals surface area contributed by atoms with Crippen LogP contribution in [0.4, 0.5) is 17.6 Å². The van der Waals surface area contributed by atoms with Gasteiger partial charge in [-0.1, -0.05) is 6.07 Å². The van der Waals surface area contributed by atoms with Crippen molar-refractivity contribution in [2.75, 3.05) is 18.8 Å². The van der Waals surface area contributed by atoms with Crippen molar-refractivity contribution >= 4 is 21.7 Å². The van der Waals surface area contributed by atoms with E-state index in [1.165, 1.54) is 23.1 Å². The minimum atomic E-state index is -4.61. The standard InChI is InChI=1S/C26H24F4N4O5S/c27-19-11-16(1-2-17(19)12-31)13-32-21(35)18-3-4-20-23(37)33(9-10-34(20)22(18)36)14-25(7-8-25)40(38,39)15-24(5-6-24)26(28,29)30/h1-4,11H,5-10,13-15H2,(H,32,35). The van der Waals surface area contributed by atoms with Crippen molar-refractivity contribution in [2.45, 2.75) is 49.7 Å². The fourth-order valence-electron chi connectivity index (χ4n) is 5.06. The third-order valence-electron chi connectivity index (χ3n) is 7.99. The van der Waals surface area contributed by atoms with E-state index in [9.17, 15) is 40.4 Å². The van der Waals surface area contributed by atoms with Crippen molar-refractivity contribution < 1.29 is 35.6 Å². The van der Waals surface area contributed by atoms with Crippen molar-refractivity contribution in [1.29, 1.82) is 5.26 Å². The highest BCUT2D eigenvalue weighted by Gasteiger charge is 2.68. The van der Waals surface area contributed by atoms with Gasteiger partial charge < -0.3 is 14.8 Å². The Balaban J connectivity index is 1.28. The molecule has 0 radical (unpaired) electrons. The summed E-state index contributed by atoms with van der Waals surface area (Å²) in [6.45, 7) is -0.477. The highest BCUT2D eigenvalue weighted by molar-refractivity contribution is 7.93. The van der Waals surface area contributed by atoms with Crippen LogP contribution in [0.1, 0.15) is 57.7 Å². The van der Waals surface area contributed by atoms with Crippen molar-refractivity contribution in [2.24, 2.45) is 5.41 Å². The number of sulfone groups is 1. The lowest BCUT2D eigenvalue weighted by molar-refractivity contribution is -0.180. The molecular weight excluding hydrogens is 556 g/mol. The molecule has 2 aliphatic carbocycles. The lowest BCUT2D eigenvalue weighted by atomic mass is 10.1. The summed E-state index contributed by atoms with van der Waals surface area (Å²) in [5.74, 6) is -3.16. The second-order valence-corrected chi connectivity index (χ2v) is 13.0. The molecule has 1 N–H and O–H groups in total. The van der Waals surface area contributed by atoms with Crippen LogP contribution in [0, 0.1) is 22.6 Å². The second-order valence-electron chi connectivity index (χ2n) is 10.6. The van der Waals surface area contributed by atoms with Gasteiger partial charge in [0.05, 0.1) is 21.5 Å².